The van der Waals surface area contributed by atoms with Crippen molar-refractivity contribution in [2.24, 2.45) is 16.6 Å². The number of hydrogen-bond donors (Lipinski definition) is 2. The number of amides is 2. The van der Waals surface area contributed by atoms with E-state index in [2.05, 4.69) is 17.2 Å². The summed E-state index contributed by atoms with van der Waals surface area (Å²) in [5.74, 6) is 1.25. The van der Waals surface area contributed by atoms with E-state index in [1.165, 1.54) is 12.8 Å². The van der Waals surface area contributed by atoms with Gasteiger partial charge in [-0.25, -0.2) is 4.79 Å². The summed E-state index contributed by atoms with van der Waals surface area (Å²) in [4.78, 5) is 15.8. The number of primary amides is 1. The lowest BCUT2D eigenvalue weighted by molar-refractivity contribution is 0.253. The molecular formula is C17H22ClN3O. The van der Waals surface area contributed by atoms with E-state index in [4.69, 9.17) is 17.3 Å². The molecule has 2 amide bonds. The summed E-state index contributed by atoms with van der Waals surface area (Å²) < 4.78 is 0. The van der Waals surface area contributed by atoms with Crippen molar-refractivity contribution in [2.75, 3.05) is 0 Å². The van der Waals surface area contributed by atoms with E-state index < -0.39 is 6.03 Å². The maximum Gasteiger partial charge on any atom is 0.317 e. The molecule has 0 bridgehead atoms. The number of urea groups is 1. The Hall–Kier alpha value is -1.81. The minimum Gasteiger partial charge on any atom is -0.351 e. The minimum atomic E-state index is -0.605. The van der Waals surface area contributed by atoms with Gasteiger partial charge in [0, 0.05) is 5.02 Å². The third kappa shape index (κ3) is 5.19. The topological polar surface area (TPSA) is 67.5 Å². The molecule has 0 heterocycles. The molecule has 0 atom stereocenters. The molecule has 1 aliphatic carbocycles. The summed E-state index contributed by atoms with van der Waals surface area (Å²) in [6.45, 7) is 2.26. The van der Waals surface area contributed by atoms with Gasteiger partial charge in [0.15, 0.2) is 0 Å². The Kier molecular flexibility index (Phi) is 6.01. The maximum absolute atomic E-state index is 11.2. The zero-order chi connectivity index (χ0) is 15.9. The largest absolute Gasteiger partial charge is 0.351 e. The number of nitrogens with one attached hydrogen (secondary N) is 1. The molecule has 2 rings (SSSR count). The number of amidine groups is 1. The fourth-order valence-electron chi connectivity index (χ4n) is 2.59. The molecule has 1 aliphatic rings. The SMILES string of the molecule is CC1CCC(N=C(/C=C/c2ccccc2Cl)NC(N)=O)CC1. The van der Waals surface area contributed by atoms with E-state index in [1.54, 1.807) is 6.08 Å². The molecule has 0 aromatic heterocycles. The Balaban J connectivity index is 2.12. The van der Waals surface area contributed by atoms with Crippen molar-refractivity contribution < 1.29 is 4.79 Å². The highest BCUT2D eigenvalue weighted by molar-refractivity contribution is 6.32. The van der Waals surface area contributed by atoms with Crippen LogP contribution in [0.3, 0.4) is 0 Å². The smallest absolute Gasteiger partial charge is 0.317 e. The standard InChI is InChI=1S/C17H22ClN3O/c1-12-6-9-14(10-7-12)20-16(21-17(19)22)11-8-13-4-2-3-5-15(13)18/h2-5,8,11-12,14H,6-7,9-10H2,1H3,(H3,19,20,21,22)/b11-8+. The Labute approximate surface area is 136 Å². The average molecular weight is 320 g/mol. The quantitative estimate of drug-likeness (QED) is 0.641. The molecule has 0 aliphatic heterocycles. The van der Waals surface area contributed by atoms with Crippen molar-refractivity contribution in [2.45, 2.75) is 38.6 Å². The van der Waals surface area contributed by atoms with Crippen molar-refractivity contribution in [3.63, 3.8) is 0 Å². The van der Waals surface area contributed by atoms with Crippen LogP contribution in [0.4, 0.5) is 4.79 Å². The highest BCUT2D eigenvalue weighted by Crippen LogP contribution is 2.25. The highest BCUT2D eigenvalue weighted by Gasteiger charge is 2.17. The van der Waals surface area contributed by atoms with Gasteiger partial charge in [0.1, 0.15) is 5.84 Å². The number of carbonyl (C=O) groups is 1. The van der Waals surface area contributed by atoms with Gasteiger partial charge in [-0.2, -0.15) is 0 Å². The van der Waals surface area contributed by atoms with Gasteiger partial charge < -0.3 is 5.73 Å². The van der Waals surface area contributed by atoms with Crippen LogP contribution in [0.15, 0.2) is 35.3 Å². The second-order valence-electron chi connectivity index (χ2n) is 5.77. The maximum atomic E-state index is 11.2. The molecule has 5 heteroatoms. The fourth-order valence-corrected chi connectivity index (χ4v) is 2.79. The lowest BCUT2D eigenvalue weighted by Crippen LogP contribution is -2.35. The molecule has 4 nitrogen and oxygen atoms in total. The van der Waals surface area contributed by atoms with Crippen LogP contribution < -0.4 is 11.1 Å². The summed E-state index contributed by atoms with van der Waals surface area (Å²) in [6.07, 6.45) is 8.03. The van der Waals surface area contributed by atoms with Crippen LogP contribution in [-0.2, 0) is 0 Å². The summed E-state index contributed by atoms with van der Waals surface area (Å²) in [5.41, 5.74) is 6.10. The first kappa shape index (κ1) is 16.6. The number of benzene rings is 1. The fraction of sp³-hybridized carbons (Fsp3) is 0.412. The summed E-state index contributed by atoms with van der Waals surface area (Å²) >= 11 is 6.12. The Morgan fingerprint density at radius 1 is 1.32 bits per heavy atom. The van der Waals surface area contributed by atoms with E-state index in [0.29, 0.717) is 10.9 Å². The molecule has 1 saturated carbocycles. The average Bonchev–Trinajstić information content (AvgIpc) is 2.48. The second-order valence-corrected chi connectivity index (χ2v) is 6.18. The van der Waals surface area contributed by atoms with Gasteiger partial charge in [-0.15, -0.1) is 0 Å². The molecule has 1 aromatic rings. The summed E-state index contributed by atoms with van der Waals surface area (Å²) in [6, 6.07) is 7.15. The van der Waals surface area contributed by atoms with Crippen molar-refractivity contribution in [1.82, 2.24) is 5.32 Å². The van der Waals surface area contributed by atoms with E-state index >= 15 is 0 Å². The number of carbonyl (C=O) groups excluding carboxylic acids is 1. The van der Waals surface area contributed by atoms with Gasteiger partial charge in [-0.1, -0.05) is 36.7 Å². The molecule has 1 fully saturated rings. The van der Waals surface area contributed by atoms with Gasteiger partial charge in [0.05, 0.1) is 6.04 Å². The van der Waals surface area contributed by atoms with Crippen LogP contribution in [0.25, 0.3) is 6.08 Å². The normalized spacial score (nSPS) is 22.7. The first-order chi connectivity index (χ1) is 10.5. The van der Waals surface area contributed by atoms with E-state index in [9.17, 15) is 4.79 Å². The molecule has 0 radical (unpaired) electrons. The molecule has 3 N–H and O–H groups in total. The molecule has 0 unspecified atom stereocenters. The van der Waals surface area contributed by atoms with Crippen molar-refractivity contribution in [3.05, 3.63) is 40.9 Å². The first-order valence-corrected chi connectivity index (χ1v) is 7.99. The molecule has 0 saturated heterocycles. The van der Waals surface area contributed by atoms with Crippen molar-refractivity contribution in [1.29, 1.82) is 0 Å². The van der Waals surface area contributed by atoms with Gasteiger partial charge in [-0.05, 0) is 55.4 Å². The third-order valence-electron chi connectivity index (χ3n) is 3.88. The number of nitrogens with zero attached hydrogens (tertiary/aromatic N) is 1. The van der Waals surface area contributed by atoms with Gasteiger partial charge in [0.2, 0.25) is 0 Å². The number of rotatable bonds is 3. The predicted octanol–water partition coefficient (Wildman–Crippen LogP) is 4.00. The zero-order valence-corrected chi connectivity index (χ0v) is 13.5. The van der Waals surface area contributed by atoms with Crippen LogP contribution in [0.1, 0.15) is 38.2 Å². The van der Waals surface area contributed by atoms with Crippen LogP contribution in [-0.4, -0.2) is 17.9 Å². The molecule has 22 heavy (non-hydrogen) atoms. The number of hydrogen-bond acceptors (Lipinski definition) is 2. The summed E-state index contributed by atoms with van der Waals surface area (Å²) in [5, 5.41) is 3.24. The van der Waals surface area contributed by atoms with E-state index in [-0.39, 0.29) is 6.04 Å². The molecule has 0 spiro atoms. The van der Waals surface area contributed by atoms with Crippen LogP contribution >= 0.6 is 11.6 Å². The van der Waals surface area contributed by atoms with Crippen molar-refractivity contribution >= 4 is 29.5 Å². The third-order valence-corrected chi connectivity index (χ3v) is 4.23. The minimum absolute atomic E-state index is 0.244. The number of nitrogens with two attached hydrogens (primary N) is 1. The van der Waals surface area contributed by atoms with E-state index in [0.717, 1.165) is 24.3 Å². The monoisotopic (exact) mass is 319 g/mol. The van der Waals surface area contributed by atoms with Gasteiger partial charge in [-0.3, -0.25) is 10.3 Å². The number of aliphatic imine (C=N–C) groups is 1. The van der Waals surface area contributed by atoms with Crippen LogP contribution in [0.5, 0.6) is 0 Å². The second kappa shape index (κ2) is 7.99. The van der Waals surface area contributed by atoms with Crippen molar-refractivity contribution in [3.8, 4) is 0 Å². The Morgan fingerprint density at radius 3 is 2.64 bits per heavy atom. The predicted molar refractivity (Wildman–Crippen MR) is 92.1 cm³/mol. The van der Waals surface area contributed by atoms with Crippen LogP contribution in [0.2, 0.25) is 5.02 Å². The van der Waals surface area contributed by atoms with Crippen LogP contribution in [0, 0.1) is 5.92 Å². The molecular weight excluding hydrogens is 298 g/mol. The van der Waals surface area contributed by atoms with Gasteiger partial charge >= 0.3 is 6.03 Å². The molecule has 118 valence electrons. The van der Waals surface area contributed by atoms with Gasteiger partial charge in [0.25, 0.3) is 0 Å². The molecule has 1 aromatic carbocycles. The lowest BCUT2D eigenvalue weighted by atomic mass is 9.88. The first-order valence-electron chi connectivity index (χ1n) is 7.61. The van der Waals surface area contributed by atoms with E-state index in [1.807, 2.05) is 30.3 Å². The Bertz CT molecular complexity index is 575. The summed E-state index contributed by atoms with van der Waals surface area (Å²) in [7, 11) is 0. The lowest BCUT2D eigenvalue weighted by Gasteiger charge is -2.23. The number of halogens is 1. The highest BCUT2D eigenvalue weighted by atomic mass is 35.5. The zero-order valence-electron chi connectivity index (χ0n) is 12.8. The Morgan fingerprint density at radius 2 is 2.00 bits per heavy atom.